The highest BCUT2D eigenvalue weighted by molar-refractivity contribution is 7.12. The molecule has 0 aliphatic carbocycles. The molecule has 36 heavy (non-hydrogen) atoms. The van der Waals surface area contributed by atoms with Gasteiger partial charge in [-0.15, -0.1) is 11.3 Å². The first-order valence-electron chi connectivity index (χ1n) is 10.7. The Balaban J connectivity index is 1.41. The quantitative estimate of drug-likeness (QED) is 0.269. The van der Waals surface area contributed by atoms with Gasteiger partial charge in [-0.2, -0.15) is 13.2 Å². The minimum absolute atomic E-state index is 0.164. The van der Waals surface area contributed by atoms with Crippen LogP contribution in [0.2, 0.25) is 5.02 Å². The molecular formula is C24H20ClF3N4O3S. The van der Waals surface area contributed by atoms with E-state index >= 15 is 0 Å². The Hall–Kier alpha value is -3.41. The van der Waals surface area contributed by atoms with E-state index in [1.807, 2.05) is 18.2 Å². The molecule has 4 rings (SSSR count). The van der Waals surface area contributed by atoms with Crippen molar-refractivity contribution < 1.29 is 27.9 Å². The summed E-state index contributed by atoms with van der Waals surface area (Å²) in [5.74, 6) is -1.28. The number of pyridine rings is 1. The van der Waals surface area contributed by atoms with E-state index in [1.165, 1.54) is 17.4 Å². The summed E-state index contributed by atoms with van der Waals surface area (Å²) in [5.41, 5.74) is 1.58. The number of rotatable bonds is 8. The fraction of sp³-hybridized carbons (Fsp3) is 0.208. The zero-order valence-corrected chi connectivity index (χ0v) is 20.1. The summed E-state index contributed by atoms with van der Waals surface area (Å²) in [5, 5.41) is 16.9. The molecule has 0 aliphatic rings. The van der Waals surface area contributed by atoms with E-state index in [4.69, 9.17) is 11.6 Å². The van der Waals surface area contributed by atoms with Gasteiger partial charge >= 0.3 is 6.18 Å². The molecule has 4 aromatic rings. The van der Waals surface area contributed by atoms with Gasteiger partial charge in [-0.25, -0.2) is 4.98 Å². The Morgan fingerprint density at radius 2 is 1.97 bits per heavy atom. The molecule has 3 aromatic heterocycles. The Morgan fingerprint density at radius 3 is 2.72 bits per heavy atom. The summed E-state index contributed by atoms with van der Waals surface area (Å²) in [6.45, 7) is -0.939. The van der Waals surface area contributed by atoms with Crippen LogP contribution in [0.5, 0.6) is 0 Å². The van der Waals surface area contributed by atoms with Gasteiger partial charge in [0, 0.05) is 24.3 Å². The number of fused-ring (bicyclic) bond motifs is 1. The summed E-state index contributed by atoms with van der Waals surface area (Å²) >= 11 is 6.81. The van der Waals surface area contributed by atoms with Crippen molar-refractivity contribution in [3.05, 3.63) is 86.3 Å². The van der Waals surface area contributed by atoms with Gasteiger partial charge in [0.1, 0.15) is 11.7 Å². The molecule has 7 nitrogen and oxygen atoms in total. The molecule has 0 aliphatic heterocycles. The average molecular weight is 537 g/mol. The molecule has 1 aromatic carbocycles. The summed E-state index contributed by atoms with van der Waals surface area (Å²) in [6, 6.07) is 7.56. The van der Waals surface area contributed by atoms with Crippen LogP contribution in [-0.4, -0.2) is 39.5 Å². The number of alkyl halides is 3. The van der Waals surface area contributed by atoms with E-state index in [9.17, 15) is 27.9 Å². The van der Waals surface area contributed by atoms with Crippen molar-refractivity contribution in [3.63, 3.8) is 0 Å². The number of nitrogens with zero attached hydrogens (tertiary/aromatic N) is 1. The second-order valence-electron chi connectivity index (χ2n) is 7.90. The molecule has 0 radical (unpaired) electrons. The van der Waals surface area contributed by atoms with Crippen LogP contribution in [0.3, 0.4) is 0 Å². The van der Waals surface area contributed by atoms with E-state index in [2.05, 4.69) is 20.6 Å². The van der Waals surface area contributed by atoms with Gasteiger partial charge in [0.15, 0.2) is 0 Å². The summed E-state index contributed by atoms with van der Waals surface area (Å²) < 4.78 is 39.2. The van der Waals surface area contributed by atoms with Gasteiger partial charge in [-0.05, 0) is 58.8 Å². The van der Waals surface area contributed by atoms with Gasteiger partial charge in [0.2, 0.25) is 5.91 Å². The number of hydrogen-bond acceptors (Lipinski definition) is 5. The van der Waals surface area contributed by atoms with E-state index in [0.717, 1.165) is 34.3 Å². The van der Waals surface area contributed by atoms with Gasteiger partial charge in [0.25, 0.3) is 5.91 Å². The van der Waals surface area contributed by atoms with Crippen LogP contribution in [0.25, 0.3) is 11.0 Å². The molecule has 0 saturated heterocycles. The minimum atomic E-state index is -4.64. The fourth-order valence-corrected chi connectivity index (χ4v) is 4.73. The van der Waals surface area contributed by atoms with Crippen molar-refractivity contribution in [2.24, 2.45) is 0 Å². The van der Waals surface area contributed by atoms with Crippen LogP contribution in [0.4, 0.5) is 13.2 Å². The van der Waals surface area contributed by atoms with Crippen LogP contribution in [-0.2, 0) is 23.9 Å². The highest BCUT2D eigenvalue weighted by Crippen LogP contribution is 2.35. The number of carbonyl (C=O) groups excluding carboxylic acids is 2. The average Bonchev–Trinajstić information content (AvgIpc) is 3.51. The Morgan fingerprint density at radius 1 is 1.17 bits per heavy atom. The van der Waals surface area contributed by atoms with Crippen LogP contribution in [0, 0.1) is 0 Å². The predicted molar refractivity (Wildman–Crippen MR) is 130 cm³/mol. The standard InChI is InChI=1S/C24H20ClF3N4O3S/c25-18-2-1-13(9-17(18)24(26,27)28)11-31-22(34)19(12-33)32-23(35)20-15(5-8-36-20)10-14-3-6-29-21-16(14)4-7-30-21/h1-9,19,33H,10-12H2,(H,29,30)(H,31,34)(H,32,35). The maximum atomic E-state index is 13.1. The van der Waals surface area contributed by atoms with Crippen molar-refractivity contribution in [2.75, 3.05) is 6.61 Å². The fourth-order valence-electron chi connectivity index (χ4n) is 3.68. The molecule has 1 atom stereocenters. The third-order valence-corrected chi connectivity index (χ3v) is 6.78. The molecule has 2 amide bonds. The second kappa shape index (κ2) is 10.7. The summed E-state index contributed by atoms with van der Waals surface area (Å²) in [6.07, 6.45) is -0.733. The molecule has 188 valence electrons. The zero-order valence-electron chi connectivity index (χ0n) is 18.5. The number of hydrogen-bond donors (Lipinski definition) is 4. The number of halogens is 4. The number of H-pyrrole nitrogens is 1. The third kappa shape index (κ3) is 5.69. The first-order valence-corrected chi connectivity index (χ1v) is 12.0. The first kappa shape index (κ1) is 25.7. The van der Waals surface area contributed by atoms with E-state index < -0.39 is 41.2 Å². The number of aliphatic hydroxyl groups is 1. The molecule has 0 bridgehead atoms. The van der Waals surface area contributed by atoms with Crippen LogP contribution < -0.4 is 10.6 Å². The van der Waals surface area contributed by atoms with Gasteiger partial charge in [-0.1, -0.05) is 17.7 Å². The van der Waals surface area contributed by atoms with E-state index in [1.54, 1.807) is 17.8 Å². The Bertz CT molecular complexity index is 1400. The predicted octanol–water partition coefficient (Wildman–Crippen LogP) is 4.29. The Kier molecular flexibility index (Phi) is 7.62. The maximum absolute atomic E-state index is 13.1. The minimum Gasteiger partial charge on any atom is -0.394 e. The molecule has 1 unspecified atom stereocenters. The second-order valence-corrected chi connectivity index (χ2v) is 9.22. The lowest BCUT2D eigenvalue weighted by atomic mass is 10.0. The van der Waals surface area contributed by atoms with Gasteiger partial charge < -0.3 is 20.7 Å². The van der Waals surface area contributed by atoms with Crippen molar-refractivity contribution in [1.82, 2.24) is 20.6 Å². The SMILES string of the molecule is O=C(NC(CO)C(=O)NCc1ccc(Cl)c(C(F)(F)F)c1)c1sccc1Cc1ccnc2[nH]ccc12. The number of thiophene rings is 1. The van der Waals surface area contributed by atoms with Crippen molar-refractivity contribution in [2.45, 2.75) is 25.2 Å². The van der Waals surface area contributed by atoms with Crippen LogP contribution in [0.15, 0.2) is 54.2 Å². The maximum Gasteiger partial charge on any atom is 0.417 e. The number of aromatic nitrogens is 2. The van der Waals surface area contributed by atoms with Crippen molar-refractivity contribution >= 4 is 45.8 Å². The van der Waals surface area contributed by atoms with Crippen molar-refractivity contribution in [3.8, 4) is 0 Å². The molecule has 0 fully saturated rings. The van der Waals surface area contributed by atoms with Crippen LogP contribution >= 0.6 is 22.9 Å². The molecule has 4 N–H and O–H groups in total. The lowest BCUT2D eigenvalue weighted by Crippen LogP contribution is -2.48. The third-order valence-electron chi connectivity index (χ3n) is 5.49. The molecule has 3 heterocycles. The zero-order chi connectivity index (χ0) is 25.9. The topological polar surface area (TPSA) is 107 Å². The number of aromatic amines is 1. The Labute approximate surface area is 212 Å². The normalized spacial score (nSPS) is 12.5. The largest absolute Gasteiger partial charge is 0.417 e. The molecule has 0 spiro atoms. The number of aliphatic hydroxyl groups excluding tert-OH is 1. The number of benzene rings is 1. The number of carbonyl (C=O) groups is 2. The van der Waals surface area contributed by atoms with E-state index in [-0.39, 0.29) is 12.1 Å². The van der Waals surface area contributed by atoms with Gasteiger partial charge in [-0.3, -0.25) is 9.59 Å². The summed E-state index contributed by atoms with van der Waals surface area (Å²) in [4.78, 5) is 33.1. The van der Waals surface area contributed by atoms with Crippen LogP contribution in [0.1, 0.15) is 31.9 Å². The molecule has 12 heteroatoms. The number of nitrogens with one attached hydrogen (secondary N) is 3. The molecular weight excluding hydrogens is 517 g/mol. The monoisotopic (exact) mass is 536 g/mol. The highest BCUT2D eigenvalue weighted by atomic mass is 35.5. The lowest BCUT2D eigenvalue weighted by molar-refractivity contribution is -0.137. The molecule has 0 saturated carbocycles. The van der Waals surface area contributed by atoms with E-state index in [0.29, 0.717) is 11.3 Å². The highest BCUT2D eigenvalue weighted by Gasteiger charge is 2.33. The van der Waals surface area contributed by atoms with Gasteiger partial charge in [0.05, 0.1) is 22.1 Å². The lowest BCUT2D eigenvalue weighted by Gasteiger charge is -2.17. The number of amides is 2. The first-order chi connectivity index (χ1) is 17.2. The van der Waals surface area contributed by atoms with Crippen molar-refractivity contribution in [1.29, 1.82) is 0 Å². The smallest absolute Gasteiger partial charge is 0.394 e. The summed E-state index contributed by atoms with van der Waals surface area (Å²) in [7, 11) is 0.